The average molecular weight is 862 g/mol. The first-order valence-corrected chi connectivity index (χ1v) is 14.0. The first-order valence-electron chi connectivity index (χ1n) is 14.0. The third-order valence-electron chi connectivity index (χ3n) is 6.52. The fourth-order valence-electron chi connectivity index (χ4n) is 4.09. The van der Waals surface area contributed by atoms with E-state index in [4.69, 9.17) is 0 Å². The summed E-state index contributed by atoms with van der Waals surface area (Å²) in [4.78, 5) is 12.2. The summed E-state index contributed by atoms with van der Waals surface area (Å²) < 4.78 is 111. The van der Waals surface area contributed by atoms with Crippen LogP contribution in [-0.4, -0.2) is 15.0 Å². The summed E-state index contributed by atoms with van der Waals surface area (Å²) in [6, 6.07) is 30.8. The van der Waals surface area contributed by atoms with Crippen molar-refractivity contribution in [1.82, 2.24) is 15.0 Å². The molecule has 13 heteroatoms. The summed E-state index contributed by atoms with van der Waals surface area (Å²) >= 11 is 0. The molecule has 0 aliphatic rings. The fraction of sp³-hybridized carbons (Fsp3) is 0.0833. The van der Waals surface area contributed by atoms with Crippen molar-refractivity contribution < 1.29 is 59.6 Å². The van der Waals surface area contributed by atoms with Gasteiger partial charge in [0.25, 0.3) is 0 Å². The molecule has 3 nitrogen and oxygen atoms in total. The second-order valence-corrected chi connectivity index (χ2v) is 9.87. The Bertz CT molecular complexity index is 1610. The number of rotatable bonds is 3. The van der Waals surface area contributed by atoms with Crippen LogP contribution in [0.5, 0.6) is 0 Å². The van der Waals surface area contributed by atoms with Crippen LogP contribution in [0.1, 0.15) is 16.7 Å². The van der Waals surface area contributed by atoms with E-state index in [1.807, 2.05) is 0 Å². The molecule has 0 N–H and O–H groups in total. The van der Waals surface area contributed by atoms with Crippen molar-refractivity contribution in [1.29, 1.82) is 0 Å². The molecule has 255 valence electrons. The van der Waals surface area contributed by atoms with Crippen molar-refractivity contribution >= 4 is 0 Å². The van der Waals surface area contributed by atoms with Gasteiger partial charge in [-0.3, -0.25) is 15.0 Å². The molecular formula is C36H24F9IrN3. The van der Waals surface area contributed by atoms with Crippen LogP contribution in [0.25, 0.3) is 33.8 Å². The fourth-order valence-corrected chi connectivity index (χ4v) is 4.09. The molecule has 0 unspecified atom stereocenters. The molecule has 0 aliphatic heterocycles. The predicted molar refractivity (Wildman–Crippen MR) is 164 cm³/mol. The van der Waals surface area contributed by atoms with Crippen molar-refractivity contribution in [3.63, 3.8) is 0 Å². The van der Waals surface area contributed by atoms with Gasteiger partial charge in [-0.05, 0) is 72.8 Å². The van der Waals surface area contributed by atoms with Gasteiger partial charge in [0.1, 0.15) is 0 Å². The summed E-state index contributed by atoms with van der Waals surface area (Å²) in [6.45, 7) is 0. The van der Waals surface area contributed by atoms with Crippen LogP contribution >= 0.6 is 0 Å². The SMILES string of the molecule is FC(F)(F)c1ccc(-c2ccccn2)cc1.FC(F)(F)c1ccc(-c2ccccn2)cc1.FC(F)(F)c1ccc(-c2ccccn2)cc1.[Ir]. The van der Waals surface area contributed by atoms with Gasteiger partial charge in [-0.2, -0.15) is 39.5 Å². The van der Waals surface area contributed by atoms with E-state index >= 15 is 0 Å². The molecule has 49 heavy (non-hydrogen) atoms. The third kappa shape index (κ3) is 11.7. The molecule has 0 aliphatic carbocycles. The number of aromatic nitrogens is 3. The molecule has 1 radical (unpaired) electrons. The van der Waals surface area contributed by atoms with Crippen molar-refractivity contribution in [3.05, 3.63) is 163 Å². The Hall–Kier alpha value is -4.87. The molecule has 0 saturated carbocycles. The van der Waals surface area contributed by atoms with E-state index in [2.05, 4.69) is 15.0 Å². The second kappa shape index (κ2) is 17.0. The second-order valence-electron chi connectivity index (χ2n) is 9.87. The van der Waals surface area contributed by atoms with Crippen molar-refractivity contribution in [3.8, 4) is 33.8 Å². The van der Waals surface area contributed by atoms with Crippen molar-refractivity contribution in [2.24, 2.45) is 0 Å². The Morgan fingerprint density at radius 1 is 0.306 bits per heavy atom. The minimum absolute atomic E-state index is 0. The molecule has 0 saturated heterocycles. The molecule has 0 atom stereocenters. The molecular weight excluding hydrogens is 838 g/mol. The van der Waals surface area contributed by atoms with Crippen LogP contribution in [0.2, 0.25) is 0 Å². The zero-order valence-corrected chi connectivity index (χ0v) is 27.3. The Labute approximate surface area is 288 Å². The van der Waals surface area contributed by atoms with Crippen LogP contribution in [-0.2, 0) is 38.6 Å². The quantitative estimate of drug-likeness (QED) is 0.166. The number of pyridine rings is 3. The molecule has 3 aromatic carbocycles. The first kappa shape index (κ1) is 38.6. The largest absolute Gasteiger partial charge is 0.416 e. The first-order chi connectivity index (χ1) is 22.7. The number of alkyl halides is 9. The van der Waals surface area contributed by atoms with Crippen molar-refractivity contribution in [2.45, 2.75) is 18.5 Å². The summed E-state index contributed by atoms with van der Waals surface area (Å²) in [5.74, 6) is 0. The smallest absolute Gasteiger partial charge is 0.256 e. The zero-order valence-electron chi connectivity index (χ0n) is 24.9. The summed E-state index contributed by atoms with van der Waals surface area (Å²) in [6.07, 6.45) is -8.05. The molecule has 0 fully saturated rings. The topological polar surface area (TPSA) is 38.7 Å². The van der Waals surface area contributed by atoms with Crippen LogP contribution < -0.4 is 0 Å². The van der Waals surface area contributed by atoms with E-state index in [1.54, 1.807) is 73.2 Å². The number of benzene rings is 3. The maximum atomic E-state index is 12.3. The van der Waals surface area contributed by atoms with Crippen LogP contribution in [0.3, 0.4) is 0 Å². The number of hydrogen-bond donors (Lipinski definition) is 0. The molecule has 6 rings (SSSR count). The molecule has 3 aromatic heterocycles. The molecule has 0 spiro atoms. The molecule has 3 heterocycles. The minimum atomic E-state index is -4.29. The maximum absolute atomic E-state index is 12.3. The molecule has 0 bridgehead atoms. The van der Waals surface area contributed by atoms with Gasteiger partial charge < -0.3 is 0 Å². The zero-order chi connectivity index (χ0) is 34.8. The minimum Gasteiger partial charge on any atom is -0.256 e. The van der Waals surface area contributed by atoms with E-state index in [1.165, 1.54) is 36.4 Å². The van der Waals surface area contributed by atoms with Gasteiger partial charge in [0, 0.05) is 55.4 Å². The monoisotopic (exact) mass is 862 g/mol. The van der Waals surface area contributed by atoms with Gasteiger partial charge in [-0.25, -0.2) is 0 Å². The van der Waals surface area contributed by atoms with Gasteiger partial charge in [-0.1, -0.05) is 54.6 Å². The Kier molecular flexibility index (Phi) is 13.4. The Morgan fingerprint density at radius 3 is 0.694 bits per heavy atom. The van der Waals surface area contributed by atoms with Gasteiger partial charge in [-0.15, -0.1) is 0 Å². The predicted octanol–water partition coefficient (Wildman–Crippen LogP) is 11.3. The van der Waals surface area contributed by atoms with Gasteiger partial charge in [0.2, 0.25) is 0 Å². The standard InChI is InChI=1S/3C12H8F3N.Ir/c3*13-12(14,15)10-6-4-9(5-7-10)11-3-1-2-8-16-11;/h3*1-8H;. The van der Waals surface area contributed by atoms with Gasteiger partial charge in [0.15, 0.2) is 0 Å². The number of nitrogens with zero attached hydrogens (tertiary/aromatic N) is 3. The van der Waals surface area contributed by atoms with E-state index in [-0.39, 0.29) is 20.1 Å². The Morgan fingerprint density at radius 2 is 0.531 bits per heavy atom. The Balaban J connectivity index is 0.000000197. The van der Waals surface area contributed by atoms with E-state index in [0.717, 1.165) is 36.4 Å². The van der Waals surface area contributed by atoms with E-state index in [9.17, 15) is 39.5 Å². The average Bonchev–Trinajstić information content (AvgIpc) is 3.09. The van der Waals surface area contributed by atoms with Crippen LogP contribution in [0.15, 0.2) is 146 Å². The molecule has 0 amide bonds. The van der Waals surface area contributed by atoms with Crippen molar-refractivity contribution in [2.75, 3.05) is 0 Å². The third-order valence-corrected chi connectivity index (χ3v) is 6.52. The molecule has 6 aromatic rings. The summed E-state index contributed by atoms with van der Waals surface area (Å²) in [5.41, 5.74) is 2.08. The number of hydrogen-bond acceptors (Lipinski definition) is 3. The van der Waals surface area contributed by atoms with Crippen LogP contribution in [0.4, 0.5) is 39.5 Å². The van der Waals surface area contributed by atoms with Gasteiger partial charge >= 0.3 is 18.5 Å². The maximum Gasteiger partial charge on any atom is 0.416 e. The normalized spacial score (nSPS) is 11.2. The van der Waals surface area contributed by atoms with E-state index < -0.39 is 35.2 Å². The van der Waals surface area contributed by atoms with Gasteiger partial charge in [0.05, 0.1) is 33.8 Å². The summed E-state index contributed by atoms with van der Waals surface area (Å²) in [7, 11) is 0. The van der Waals surface area contributed by atoms with E-state index in [0.29, 0.717) is 33.8 Å². The summed E-state index contributed by atoms with van der Waals surface area (Å²) in [5, 5.41) is 0. The van der Waals surface area contributed by atoms with Crippen LogP contribution in [0, 0.1) is 0 Å². The number of halogens is 9.